The van der Waals surface area contributed by atoms with E-state index >= 15 is 0 Å². The Morgan fingerprint density at radius 2 is 1.85 bits per heavy atom. The predicted octanol–water partition coefficient (Wildman–Crippen LogP) is 4.80. The van der Waals surface area contributed by atoms with Crippen LogP contribution in [0.15, 0.2) is 40.8 Å². The van der Waals surface area contributed by atoms with Gasteiger partial charge in [-0.3, -0.25) is 4.79 Å². The average molecular weight is 381 g/mol. The minimum atomic E-state index is -4.36. The third-order valence-electron chi connectivity index (χ3n) is 4.13. The van der Waals surface area contributed by atoms with Gasteiger partial charge in [0, 0.05) is 24.4 Å². The second-order valence-electron chi connectivity index (χ2n) is 5.98. The summed E-state index contributed by atoms with van der Waals surface area (Å²) in [6, 6.07) is 7.73. The van der Waals surface area contributed by atoms with Crippen LogP contribution in [0.5, 0.6) is 5.75 Å². The van der Waals surface area contributed by atoms with Crippen LogP contribution < -0.4 is 5.32 Å². The number of amides is 1. The molecule has 0 spiro atoms. The standard InChI is InChI=1S/C19H15F4NO3/c1-24-18(26)16-13-9-14(25)11(6-7-19(21,22)23)8-15(13)27-17(16)10-2-4-12(20)5-3-10/h2-5,8-9,25H,6-7H2,1H3,(H,24,26). The molecule has 0 saturated heterocycles. The Balaban J connectivity index is 2.15. The van der Waals surface area contributed by atoms with Gasteiger partial charge in [0.2, 0.25) is 0 Å². The summed E-state index contributed by atoms with van der Waals surface area (Å²) >= 11 is 0. The van der Waals surface area contributed by atoms with Crippen LogP contribution in [0.25, 0.3) is 22.3 Å². The Kier molecular flexibility index (Phi) is 4.82. The molecule has 2 aromatic carbocycles. The van der Waals surface area contributed by atoms with E-state index in [1.165, 1.54) is 43.4 Å². The molecule has 0 radical (unpaired) electrons. The predicted molar refractivity (Wildman–Crippen MR) is 91.0 cm³/mol. The van der Waals surface area contributed by atoms with E-state index in [9.17, 15) is 27.5 Å². The van der Waals surface area contributed by atoms with Crippen molar-refractivity contribution in [3.8, 4) is 17.1 Å². The topological polar surface area (TPSA) is 62.5 Å². The highest BCUT2D eigenvalue weighted by atomic mass is 19.4. The van der Waals surface area contributed by atoms with Gasteiger partial charge >= 0.3 is 6.18 Å². The zero-order valence-electron chi connectivity index (χ0n) is 14.2. The third-order valence-corrected chi connectivity index (χ3v) is 4.13. The molecule has 3 rings (SSSR count). The zero-order chi connectivity index (χ0) is 19.8. The molecule has 0 aliphatic rings. The van der Waals surface area contributed by atoms with Crippen molar-refractivity contribution < 1.29 is 31.9 Å². The Labute approximate surface area is 151 Å². The van der Waals surface area contributed by atoms with Gasteiger partial charge in [0.1, 0.15) is 22.9 Å². The highest BCUT2D eigenvalue weighted by molar-refractivity contribution is 6.11. The van der Waals surface area contributed by atoms with Crippen molar-refractivity contribution >= 4 is 16.9 Å². The lowest BCUT2D eigenvalue weighted by Crippen LogP contribution is -2.18. The molecule has 0 saturated carbocycles. The second-order valence-corrected chi connectivity index (χ2v) is 5.98. The van der Waals surface area contributed by atoms with Crippen molar-refractivity contribution in [3.05, 3.63) is 53.3 Å². The normalized spacial score (nSPS) is 11.7. The summed E-state index contributed by atoms with van der Waals surface area (Å²) < 4.78 is 56.3. The number of halogens is 4. The Bertz CT molecular complexity index is 991. The highest BCUT2D eigenvalue weighted by Gasteiger charge is 2.28. The fourth-order valence-electron chi connectivity index (χ4n) is 2.81. The molecule has 1 heterocycles. The van der Waals surface area contributed by atoms with E-state index in [1.807, 2.05) is 0 Å². The number of hydrogen-bond acceptors (Lipinski definition) is 3. The summed E-state index contributed by atoms with van der Waals surface area (Å²) in [5.41, 5.74) is 0.741. The first kappa shape index (κ1) is 18.8. The fourth-order valence-corrected chi connectivity index (χ4v) is 2.81. The van der Waals surface area contributed by atoms with E-state index < -0.39 is 30.7 Å². The summed E-state index contributed by atoms with van der Waals surface area (Å²) in [7, 11) is 1.41. The smallest absolute Gasteiger partial charge is 0.389 e. The van der Waals surface area contributed by atoms with Gasteiger partial charge in [-0.25, -0.2) is 4.39 Å². The van der Waals surface area contributed by atoms with Crippen LogP contribution in [-0.2, 0) is 6.42 Å². The molecule has 1 amide bonds. The van der Waals surface area contributed by atoms with E-state index in [0.29, 0.717) is 5.56 Å². The molecular formula is C19H15F4NO3. The average Bonchev–Trinajstić information content (AvgIpc) is 2.97. The van der Waals surface area contributed by atoms with Crippen LogP contribution in [0.2, 0.25) is 0 Å². The van der Waals surface area contributed by atoms with Crippen LogP contribution in [0.4, 0.5) is 17.6 Å². The number of rotatable bonds is 4. The van der Waals surface area contributed by atoms with Crippen molar-refractivity contribution in [3.63, 3.8) is 0 Å². The highest BCUT2D eigenvalue weighted by Crippen LogP contribution is 2.37. The number of aryl methyl sites for hydroxylation is 1. The molecular weight excluding hydrogens is 366 g/mol. The number of hydrogen-bond donors (Lipinski definition) is 2. The van der Waals surface area contributed by atoms with E-state index in [-0.39, 0.29) is 33.6 Å². The summed E-state index contributed by atoms with van der Waals surface area (Å²) in [5, 5.41) is 12.8. The van der Waals surface area contributed by atoms with E-state index in [0.717, 1.165) is 0 Å². The third kappa shape index (κ3) is 3.89. The van der Waals surface area contributed by atoms with Crippen molar-refractivity contribution in [2.75, 3.05) is 7.05 Å². The number of aromatic hydroxyl groups is 1. The molecule has 0 fully saturated rings. The monoisotopic (exact) mass is 381 g/mol. The molecule has 0 atom stereocenters. The number of fused-ring (bicyclic) bond motifs is 1. The van der Waals surface area contributed by atoms with Crippen molar-refractivity contribution in [1.29, 1.82) is 0 Å². The van der Waals surface area contributed by atoms with Crippen LogP contribution in [0, 0.1) is 5.82 Å². The maximum Gasteiger partial charge on any atom is 0.389 e. The number of phenols is 1. The molecule has 142 valence electrons. The van der Waals surface area contributed by atoms with Gasteiger partial charge < -0.3 is 14.8 Å². The largest absolute Gasteiger partial charge is 0.508 e. The lowest BCUT2D eigenvalue weighted by Gasteiger charge is -2.08. The summed E-state index contributed by atoms with van der Waals surface area (Å²) in [4.78, 5) is 12.3. The molecule has 0 bridgehead atoms. The number of carbonyl (C=O) groups excluding carboxylic acids is 1. The number of nitrogens with one attached hydrogen (secondary N) is 1. The van der Waals surface area contributed by atoms with Crippen molar-refractivity contribution in [2.45, 2.75) is 19.0 Å². The van der Waals surface area contributed by atoms with Crippen LogP contribution >= 0.6 is 0 Å². The molecule has 1 aromatic heterocycles. The van der Waals surface area contributed by atoms with Crippen molar-refractivity contribution in [1.82, 2.24) is 5.32 Å². The van der Waals surface area contributed by atoms with Gasteiger partial charge in [-0.1, -0.05) is 0 Å². The SMILES string of the molecule is CNC(=O)c1c(-c2ccc(F)cc2)oc2cc(CCC(F)(F)F)c(O)cc12. The lowest BCUT2D eigenvalue weighted by molar-refractivity contribution is -0.134. The molecule has 0 aliphatic heterocycles. The van der Waals surface area contributed by atoms with Gasteiger partial charge in [0.15, 0.2) is 0 Å². The molecule has 27 heavy (non-hydrogen) atoms. The summed E-state index contributed by atoms with van der Waals surface area (Å²) in [6.07, 6.45) is -5.88. The first-order valence-corrected chi connectivity index (χ1v) is 8.03. The first-order chi connectivity index (χ1) is 12.7. The van der Waals surface area contributed by atoms with Crippen molar-refractivity contribution in [2.24, 2.45) is 0 Å². The number of benzene rings is 2. The minimum Gasteiger partial charge on any atom is -0.508 e. The maximum absolute atomic E-state index is 13.2. The van der Waals surface area contributed by atoms with E-state index in [1.54, 1.807) is 0 Å². The van der Waals surface area contributed by atoms with Gasteiger partial charge in [-0.2, -0.15) is 13.2 Å². The molecule has 3 aromatic rings. The second kappa shape index (κ2) is 6.94. The first-order valence-electron chi connectivity index (χ1n) is 8.03. The van der Waals surface area contributed by atoms with E-state index in [2.05, 4.69) is 5.32 Å². The molecule has 8 heteroatoms. The minimum absolute atomic E-state index is 0.0580. The van der Waals surface area contributed by atoms with Gasteiger partial charge in [-0.05, 0) is 48.4 Å². The quantitative estimate of drug-likeness (QED) is 0.638. The van der Waals surface area contributed by atoms with Crippen LogP contribution in [0.3, 0.4) is 0 Å². The van der Waals surface area contributed by atoms with Gasteiger partial charge in [-0.15, -0.1) is 0 Å². The summed E-state index contributed by atoms with van der Waals surface area (Å²) in [5.74, 6) is -1.20. The molecule has 0 aliphatic carbocycles. The Morgan fingerprint density at radius 1 is 1.19 bits per heavy atom. The zero-order valence-corrected chi connectivity index (χ0v) is 14.2. The Morgan fingerprint density at radius 3 is 2.44 bits per heavy atom. The number of phenolic OH excluding ortho intramolecular Hbond substituents is 1. The number of furan rings is 1. The lowest BCUT2D eigenvalue weighted by atomic mass is 10.0. The van der Waals surface area contributed by atoms with E-state index in [4.69, 9.17) is 4.42 Å². The fraction of sp³-hybridized carbons (Fsp3) is 0.211. The maximum atomic E-state index is 13.2. The molecule has 4 nitrogen and oxygen atoms in total. The van der Waals surface area contributed by atoms with Gasteiger partial charge in [0.25, 0.3) is 5.91 Å². The number of carbonyl (C=O) groups is 1. The molecule has 0 unspecified atom stereocenters. The molecule has 2 N–H and O–H groups in total. The van der Waals surface area contributed by atoms with Crippen LogP contribution in [-0.4, -0.2) is 24.2 Å². The Hall–Kier alpha value is -3.03. The summed E-state index contributed by atoms with van der Waals surface area (Å²) in [6.45, 7) is 0. The number of alkyl halides is 3. The van der Waals surface area contributed by atoms with Gasteiger partial charge in [0.05, 0.1) is 5.56 Å². The van der Waals surface area contributed by atoms with Crippen LogP contribution in [0.1, 0.15) is 22.3 Å².